The summed E-state index contributed by atoms with van der Waals surface area (Å²) in [5, 5.41) is 18.3. The molecule has 0 heterocycles. The first-order chi connectivity index (χ1) is 7.88. The lowest BCUT2D eigenvalue weighted by Crippen LogP contribution is -2.14. The molecular weight excluding hydrogens is 224 g/mol. The Hall–Kier alpha value is -1.88. The molecular formula is C12H14O5. The lowest BCUT2D eigenvalue weighted by molar-refractivity contribution is -0.147. The molecule has 0 bridgehead atoms. The van der Waals surface area contributed by atoms with Crippen LogP contribution in [0.15, 0.2) is 12.1 Å². The summed E-state index contributed by atoms with van der Waals surface area (Å²) in [6.07, 6.45) is -1.64. The summed E-state index contributed by atoms with van der Waals surface area (Å²) in [7, 11) is 1.24. The van der Waals surface area contributed by atoms with E-state index in [1.807, 2.05) is 0 Å². The molecule has 0 aliphatic carbocycles. The van der Waals surface area contributed by atoms with E-state index in [9.17, 15) is 14.7 Å². The second-order valence-electron chi connectivity index (χ2n) is 3.74. The zero-order chi connectivity index (χ0) is 13.2. The number of benzene rings is 1. The molecule has 0 spiro atoms. The molecule has 0 amide bonds. The predicted octanol–water partition coefficient (Wildman–Crippen LogP) is 1.21. The second-order valence-corrected chi connectivity index (χ2v) is 3.74. The number of carboxylic acid groups (broad SMARTS) is 1. The molecule has 0 aliphatic heterocycles. The monoisotopic (exact) mass is 238 g/mol. The predicted molar refractivity (Wildman–Crippen MR) is 59.9 cm³/mol. The Morgan fingerprint density at radius 3 is 2.35 bits per heavy atom. The number of carboxylic acids is 1. The summed E-state index contributed by atoms with van der Waals surface area (Å²) in [5.74, 6) is -1.92. The van der Waals surface area contributed by atoms with E-state index in [4.69, 9.17) is 5.11 Å². The Balaban J connectivity index is 3.34. The summed E-state index contributed by atoms with van der Waals surface area (Å²) in [5.41, 5.74) is 1.81. The maximum absolute atomic E-state index is 11.4. The SMILES string of the molecule is COC(=O)c1cc(C)c(C)c(C(O)C(=O)O)c1. The third-order valence-electron chi connectivity index (χ3n) is 2.66. The number of carbonyl (C=O) groups excluding carboxylic acids is 1. The highest BCUT2D eigenvalue weighted by Gasteiger charge is 2.21. The van der Waals surface area contributed by atoms with Crippen molar-refractivity contribution >= 4 is 11.9 Å². The number of aryl methyl sites for hydroxylation is 1. The van der Waals surface area contributed by atoms with Crippen LogP contribution in [0.25, 0.3) is 0 Å². The molecule has 1 atom stereocenters. The fourth-order valence-corrected chi connectivity index (χ4v) is 1.54. The summed E-state index contributed by atoms with van der Waals surface area (Å²) >= 11 is 0. The Labute approximate surface area is 98.6 Å². The Morgan fingerprint density at radius 2 is 1.88 bits per heavy atom. The molecule has 5 nitrogen and oxygen atoms in total. The number of aliphatic hydroxyl groups excluding tert-OH is 1. The standard InChI is InChI=1S/C12H14O5/c1-6-4-8(12(16)17-3)5-9(7(6)2)10(13)11(14)15/h4-5,10,13H,1-3H3,(H,14,15). The van der Waals surface area contributed by atoms with Crippen molar-refractivity contribution in [3.8, 4) is 0 Å². The largest absolute Gasteiger partial charge is 0.479 e. The minimum atomic E-state index is -1.64. The van der Waals surface area contributed by atoms with E-state index in [-0.39, 0.29) is 11.1 Å². The molecule has 0 aromatic heterocycles. The van der Waals surface area contributed by atoms with Gasteiger partial charge in [-0.05, 0) is 42.7 Å². The highest BCUT2D eigenvalue weighted by atomic mass is 16.5. The van der Waals surface area contributed by atoms with Crippen molar-refractivity contribution in [2.45, 2.75) is 20.0 Å². The number of carbonyl (C=O) groups is 2. The minimum Gasteiger partial charge on any atom is -0.479 e. The molecule has 5 heteroatoms. The minimum absolute atomic E-state index is 0.206. The van der Waals surface area contributed by atoms with Crippen LogP contribution in [0, 0.1) is 13.8 Å². The number of aliphatic hydroxyl groups is 1. The van der Waals surface area contributed by atoms with Crippen LogP contribution in [0.2, 0.25) is 0 Å². The zero-order valence-corrected chi connectivity index (χ0v) is 9.85. The van der Waals surface area contributed by atoms with Crippen molar-refractivity contribution in [2.75, 3.05) is 7.11 Å². The average molecular weight is 238 g/mol. The molecule has 0 radical (unpaired) electrons. The Kier molecular flexibility index (Phi) is 3.85. The number of ether oxygens (including phenoxy) is 1. The van der Waals surface area contributed by atoms with Crippen molar-refractivity contribution in [1.82, 2.24) is 0 Å². The fraction of sp³-hybridized carbons (Fsp3) is 0.333. The first-order valence-electron chi connectivity index (χ1n) is 4.98. The third-order valence-corrected chi connectivity index (χ3v) is 2.66. The maximum atomic E-state index is 11.4. The molecule has 0 saturated carbocycles. The summed E-state index contributed by atoms with van der Waals surface area (Å²) in [6, 6.07) is 2.94. The molecule has 0 aliphatic rings. The first-order valence-corrected chi connectivity index (χ1v) is 4.98. The Morgan fingerprint density at radius 1 is 1.29 bits per heavy atom. The number of aliphatic carboxylic acids is 1. The van der Waals surface area contributed by atoms with Gasteiger partial charge in [0.25, 0.3) is 0 Å². The number of hydrogen-bond acceptors (Lipinski definition) is 4. The van der Waals surface area contributed by atoms with Gasteiger partial charge in [0.15, 0.2) is 6.10 Å². The van der Waals surface area contributed by atoms with Crippen LogP contribution in [0.5, 0.6) is 0 Å². The van der Waals surface area contributed by atoms with Gasteiger partial charge in [-0.3, -0.25) is 0 Å². The molecule has 0 fully saturated rings. The summed E-state index contributed by atoms with van der Waals surface area (Å²) in [6.45, 7) is 3.43. The smallest absolute Gasteiger partial charge is 0.337 e. The van der Waals surface area contributed by atoms with Crippen LogP contribution in [0.1, 0.15) is 33.2 Å². The van der Waals surface area contributed by atoms with Gasteiger partial charge < -0.3 is 14.9 Å². The fourth-order valence-electron chi connectivity index (χ4n) is 1.54. The topological polar surface area (TPSA) is 83.8 Å². The number of hydrogen-bond donors (Lipinski definition) is 2. The van der Waals surface area contributed by atoms with Gasteiger partial charge in [-0.15, -0.1) is 0 Å². The van der Waals surface area contributed by atoms with Gasteiger partial charge in [-0.1, -0.05) is 0 Å². The lowest BCUT2D eigenvalue weighted by atomic mass is 9.96. The molecule has 1 rings (SSSR count). The van der Waals surface area contributed by atoms with Gasteiger partial charge in [0, 0.05) is 0 Å². The van der Waals surface area contributed by atoms with Crippen LogP contribution in [0.3, 0.4) is 0 Å². The number of esters is 1. The molecule has 2 N–H and O–H groups in total. The molecule has 0 saturated heterocycles. The van der Waals surface area contributed by atoms with E-state index in [0.29, 0.717) is 5.56 Å². The van der Waals surface area contributed by atoms with E-state index >= 15 is 0 Å². The first kappa shape index (κ1) is 13.2. The molecule has 92 valence electrons. The Bertz CT molecular complexity index is 464. The van der Waals surface area contributed by atoms with Crippen molar-refractivity contribution in [3.63, 3.8) is 0 Å². The number of rotatable bonds is 3. The van der Waals surface area contributed by atoms with E-state index in [1.165, 1.54) is 13.2 Å². The quantitative estimate of drug-likeness (QED) is 0.773. The molecule has 1 aromatic carbocycles. The number of methoxy groups -OCH3 is 1. The van der Waals surface area contributed by atoms with E-state index in [0.717, 1.165) is 5.56 Å². The summed E-state index contributed by atoms with van der Waals surface area (Å²) < 4.78 is 4.56. The van der Waals surface area contributed by atoms with E-state index in [2.05, 4.69) is 4.74 Å². The molecule has 1 aromatic rings. The lowest BCUT2D eigenvalue weighted by Gasteiger charge is -2.13. The van der Waals surface area contributed by atoms with Crippen molar-refractivity contribution in [1.29, 1.82) is 0 Å². The van der Waals surface area contributed by atoms with Gasteiger partial charge >= 0.3 is 11.9 Å². The van der Waals surface area contributed by atoms with Crippen LogP contribution < -0.4 is 0 Å². The van der Waals surface area contributed by atoms with Crippen LogP contribution in [-0.2, 0) is 9.53 Å². The highest BCUT2D eigenvalue weighted by molar-refractivity contribution is 5.90. The molecule has 1 unspecified atom stereocenters. The van der Waals surface area contributed by atoms with E-state index in [1.54, 1.807) is 19.9 Å². The van der Waals surface area contributed by atoms with Gasteiger partial charge in [0.2, 0.25) is 0 Å². The van der Waals surface area contributed by atoms with Gasteiger partial charge in [0.1, 0.15) is 0 Å². The third kappa shape index (κ3) is 2.62. The van der Waals surface area contributed by atoms with Gasteiger partial charge in [-0.25, -0.2) is 9.59 Å². The average Bonchev–Trinajstić information content (AvgIpc) is 2.30. The van der Waals surface area contributed by atoms with Gasteiger partial charge in [-0.2, -0.15) is 0 Å². The van der Waals surface area contributed by atoms with Crippen molar-refractivity contribution < 1.29 is 24.5 Å². The maximum Gasteiger partial charge on any atom is 0.337 e. The van der Waals surface area contributed by atoms with Crippen molar-refractivity contribution in [2.24, 2.45) is 0 Å². The van der Waals surface area contributed by atoms with Crippen molar-refractivity contribution in [3.05, 3.63) is 34.4 Å². The zero-order valence-electron chi connectivity index (χ0n) is 9.85. The van der Waals surface area contributed by atoms with Crippen LogP contribution in [0.4, 0.5) is 0 Å². The normalized spacial score (nSPS) is 12.0. The summed E-state index contributed by atoms with van der Waals surface area (Å²) in [4.78, 5) is 22.1. The van der Waals surface area contributed by atoms with E-state index < -0.39 is 18.0 Å². The van der Waals surface area contributed by atoms with Crippen LogP contribution in [-0.4, -0.2) is 29.3 Å². The molecule has 17 heavy (non-hydrogen) atoms. The highest BCUT2D eigenvalue weighted by Crippen LogP contribution is 2.23. The van der Waals surface area contributed by atoms with Gasteiger partial charge in [0.05, 0.1) is 12.7 Å². The van der Waals surface area contributed by atoms with Crippen LogP contribution >= 0.6 is 0 Å². The second kappa shape index (κ2) is 4.97.